The molecule has 0 aromatic heterocycles. The van der Waals surface area contributed by atoms with Crippen LogP contribution in [0.5, 0.6) is 5.75 Å². The summed E-state index contributed by atoms with van der Waals surface area (Å²) >= 11 is 0. The summed E-state index contributed by atoms with van der Waals surface area (Å²) in [6, 6.07) is 4.87. The first kappa shape index (κ1) is 25.5. The second-order valence-electron chi connectivity index (χ2n) is 8.07. The van der Waals surface area contributed by atoms with Crippen molar-refractivity contribution in [2.24, 2.45) is 5.92 Å². The normalized spacial score (nSPS) is 21.1. The molecule has 1 atom stereocenters. The molecule has 1 aromatic carbocycles. The maximum atomic E-state index is 13.5. The average molecular weight is 453 g/mol. The van der Waals surface area contributed by atoms with Crippen molar-refractivity contribution in [2.45, 2.75) is 51.4 Å². The molecule has 6 heteroatoms. The summed E-state index contributed by atoms with van der Waals surface area (Å²) in [4.78, 5) is 9.56. The van der Waals surface area contributed by atoms with Crippen LogP contribution in [0.3, 0.4) is 0 Å². The fourth-order valence-corrected chi connectivity index (χ4v) is 4.60. The summed E-state index contributed by atoms with van der Waals surface area (Å²) in [5.74, 6) is 1.89. The van der Waals surface area contributed by atoms with Gasteiger partial charge in [0.2, 0.25) is 0 Å². The molecule has 1 aliphatic rings. The Labute approximate surface area is 186 Å². The molecule has 0 spiro atoms. The van der Waals surface area contributed by atoms with Crippen molar-refractivity contribution in [1.82, 2.24) is 0 Å². The van der Waals surface area contributed by atoms with Crippen LogP contribution in [0.4, 0.5) is 8.78 Å². The van der Waals surface area contributed by atoms with E-state index in [-0.39, 0.29) is 11.5 Å². The van der Waals surface area contributed by atoms with E-state index >= 15 is 0 Å². The first-order valence-corrected chi connectivity index (χ1v) is 12.8. The number of allylic oxidation sites excluding steroid dienone is 4. The molecule has 1 fully saturated rings. The van der Waals surface area contributed by atoms with Crippen LogP contribution < -0.4 is 4.74 Å². The zero-order valence-corrected chi connectivity index (χ0v) is 19.7. The van der Waals surface area contributed by atoms with Crippen molar-refractivity contribution >= 4 is 8.15 Å². The van der Waals surface area contributed by atoms with Gasteiger partial charge in [0.05, 0.1) is 13.7 Å². The molecule has 0 amide bonds. The van der Waals surface area contributed by atoms with Crippen molar-refractivity contribution in [2.75, 3.05) is 26.5 Å². The van der Waals surface area contributed by atoms with Crippen molar-refractivity contribution < 1.29 is 23.1 Å². The molecule has 1 unspecified atom stereocenters. The second kappa shape index (κ2) is 13.0. The minimum absolute atomic E-state index is 0.120. The van der Waals surface area contributed by atoms with Crippen molar-refractivity contribution in [3.63, 3.8) is 0 Å². The highest BCUT2D eigenvalue weighted by Crippen LogP contribution is 2.41. The molecule has 0 saturated heterocycles. The molecule has 0 aliphatic heterocycles. The van der Waals surface area contributed by atoms with E-state index in [9.17, 15) is 13.7 Å². The van der Waals surface area contributed by atoms with Crippen LogP contribution in [0.25, 0.3) is 0 Å². The summed E-state index contributed by atoms with van der Waals surface area (Å²) in [5, 5.41) is 0. The van der Waals surface area contributed by atoms with E-state index in [1.807, 2.05) is 25.7 Å². The third-order valence-electron chi connectivity index (χ3n) is 5.93. The summed E-state index contributed by atoms with van der Waals surface area (Å²) in [6.45, 7) is 8.28. The molecular weight excluding hydrogens is 417 g/mol. The number of methoxy groups -OCH3 is 1. The number of rotatable bonds is 11. The minimum atomic E-state index is -2.47. The zero-order valence-electron chi connectivity index (χ0n) is 18.8. The number of hydrogen-bond acceptors (Lipinski definition) is 3. The molecule has 31 heavy (non-hydrogen) atoms. The lowest BCUT2D eigenvalue weighted by Gasteiger charge is -2.30. The van der Waals surface area contributed by atoms with Crippen LogP contribution in [0.2, 0.25) is 0 Å². The van der Waals surface area contributed by atoms with Gasteiger partial charge in [0.1, 0.15) is 11.5 Å². The first-order valence-electron chi connectivity index (χ1n) is 10.9. The minimum Gasteiger partial charge on any atom is -0.497 e. The summed E-state index contributed by atoms with van der Waals surface area (Å²) < 4.78 is 38.2. The number of halogens is 2. The molecule has 1 aliphatic carbocycles. The van der Waals surface area contributed by atoms with Crippen LogP contribution >= 0.6 is 8.15 Å². The van der Waals surface area contributed by atoms with Gasteiger partial charge in [-0.1, -0.05) is 12.7 Å². The van der Waals surface area contributed by atoms with E-state index in [2.05, 4.69) is 6.58 Å². The SMILES string of the molecule is C=C/C(=C\C(=C/C)CCP(C)O)OCC1CCC(c2cc(OC)ccc2C(F)F)CC1. The Balaban J connectivity index is 1.93. The number of hydrogen-bond donors (Lipinski definition) is 1. The van der Waals surface area contributed by atoms with Crippen LogP contribution in [-0.2, 0) is 4.74 Å². The lowest BCUT2D eigenvalue weighted by molar-refractivity contribution is 0.139. The van der Waals surface area contributed by atoms with E-state index in [4.69, 9.17) is 9.47 Å². The number of alkyl halides is 2. The zero-order chi connectivity index (χ0) is 22.8. The monoisotopic (exact) mass is 452 g/mol. The van der Waals surface area contributed by atoms with E-state index in [1.165, 1.54) is 6.07 Å². The Kier molecular flexibility index (Phi) is 10.7. The third kappa shape index (κ3) is 8.05. The highest BCUT2D eigenvalue weighted by atomic mass is 31.1. The Bertz CT molecular complexity index is 766. The molecule has 3 nitrogen and oxygen atoms in total. The Morgan fingerprint density at radius 1 is 1.29 bits per heavy atom. The predicted octanol–water partition coefficient (Wildman–Crippen LogP) is 7.35. The Morgan fingerprint density at radius 3 is 2.55 bits per heavy atom. The quantitative estimate of drug-likeness (QED) is 0.217. The van der Waals surface area contributed by atoms with Gasteiger partial charge in [-0.3, -0.25) is 0 Å². The van der Waals surface area contributed by atoms with Crippen LogP contribution in [0, 0.1) is 5.92 Å². The molecule has 2 rings (SSSR count). The predicted molar refractivity (Wildman–Crippen MR) is 125 cm³/mol. The highest BCUT2D eigenvalue weighted by molar-refractivity contribution is 7.50. The first-order chi connectivity index (χ1) is 14.9. The standard InChI is InChI=1S/C25H35F2O3P/c1-5-18(13-14-31(4)28)15-21(6-2)30-17-19-7-9-20(10-8-19)24-16-22(29-3)11-12-23(24)25(26)27/h5-6,11-12,15-16,19-20,25,28H,2,7-10,13-14,17H2,1,3-4H3/b18-5-,21-15+. The molecule has 0 radical (unpaired) electrons. The Morgan fingerprint density at radius 2 is 2.00 bits per heavy atom. The third-order valence-corrected chi connectivity index (χ3v) is 6.80. The van der Waals surface area contributed by atoms with E-state index < -0.39 is 14.6 Å². The molecule has 1 aromatic rings. The second-order valence-corrected chi connectivity index (χ2v) is 9.83. The topological polar surface area (TPSA) is 38.7 Å². The number of benzene rings is 1. The molecule has 1 N–H and O–H groups in total. The maximum absolute atomic E-state index is 13.5. The van der Waals surface area contributed by atoms with E-state index in [1.54, 1.807) is 25.3 Å². The van der Waals surface area contributed by atoms with E-state index in [0.717, 1.165) is 55.2 Å². The van der Waals surface area contributed by atoms with Gasteiger partial charge < -0.3 is 14.4 Å². The van der Waals surface area contributed by atoms with Gasteiger partial charge >= 0.3 is 0 Å². The van der Waals surface area contributed by atoms with Crippen molar-refractivity contribution in [1.29, 1.82) is 0 Å². The fraction of sp³-hybridized carbons (Fsp3) is 0.520. The summed E-state index contributed by atoms with van der Waals surface area (Å²) in [7, 11) is 0.649. The van der Waals surface area contributed by atoms with Gasteiger partial charge in [0, 0.05) is 13.7 Å². The van der Waals surface area contributed by atoms with Gasteiger partial charge in [-0.2, -0.15) is 0 Å². The molecular formula is C25H35F2O3P. The molecule has 0 heterocycles. The van der Waals surface area contributed by atoms with Gasteiger partial charge in [-0.15, -0.1) is 0 Å². The Hall–Kier alpha value is -1.71. The van der Waals surface area contributed by atoms with Crippen molar-refractivity contribution in [3.8, 4) is 5.75 Å². The lowest BCUT2D eigenvalue weighted by atomic mass is 9.77. The smallest absolute Gasteiger partial charge is 0.264 e. The van der Waals surface area contributed by atoms with Crippen molar-refractivity contribution in [3.05, 3.63) is 65.5 Å². The summed E-state index contributed by atoms with van der Waals surface area (Å²) in [6.07, 6.45) is 8.46. The molecule has 1 saturated carbocycles. The average Bonchev–Trinajstić information content (AvgIpc) is 2.78. The largest absolute Gasteiger partial charge is 0.497 e. The molecule has 0 bridgehead atoms. The van der Waals surface area contributed by atoms with Gasteiger partial charge in [-0.25, -0.2) is 8.78 Å². The summed E-state index contributed by atoms with van der Waals surface area (Å²) in [5.41, 5.74) is 1.97. The van der Waals surface area contributed by atoms with Crippen LogP contribution in [0.1, 0.15) is 62.5 Å². The van der Waals surface area contributed by atoms with Gasteiger partial charge in [-0.05, 0) is 105 Å². The van der Waals surface area contributed by atoms with E-state index in [0.29, 0.717) is 18.3 Å². The van der Waals surface area contributed by atoms with Crippen LogP contribution in [0.15, 0.2) is 54.3 Å². The van der Waals surface area contributed by atoms with Crippen LogP contribution in [-0.4, -0.2) is 31.4 Å². The molecule has 172 valence electrons. The fourth-order valence-electron chi connectivity index (χ4n) is 4.02. The van der Waals surface area contributed by atoms with Gasteiger partial charge in [0.15, 0.2) is 0 Å². The maximum Gasteiger partial charge on any atom is 0.264 e. The van der Waals surface area contributed by atoms with Gasteiger partial charge in [0.25, 0.3) is 6.43 Å². The number of ether oxygens (including phenoxy) is 2. The lowest BCUT2D eigenvalue weighted by Crippen LogP contribution is -2.18. The highest BCUT2D eigenvalue weighted by Gasteiger charge is 2.27.